The van der Waals surface area contributed by atoms with Gasteiger partial charge in [0.1, 0.15) is 0 Å². The summed E-state index contributed by atoms with van der Waals surface area (Å²) in [6.45, 7) is 11.0. The van der Waals surface area contributed by atoms with Crippen molar-refractivity contribution in [1.29, 1.82) is 0 Å². The lowest BCUT2D eigenvalue weighted by atomic mass is 9.76. The Hall–Kier alpha value is -0.600. The van der Waals surface area contributed by atoms with Gasteiger partial charge in [0.05, 0.1) is 12.2 Å². The van der Waals surface area contributed by atoms with Crippen molar-refractivity contribution in [2.45, 2.75) is 155 Å². The third kappa shape index (κ3) is 13.3. The Morgan fingerprint density at radius 2 is 1.08 bits per heavy atom. The van der Waals surface area contributed by atoms with Crippen LogP contribution in [0.5, 0.6) is 0 Å². The largest absolute Gasteiger partial charge is 0.378 e. The van der Waals surface area contributed by atoms with Gasteiger partial charge in [0, 0.05) is 19.1 Å². The second kappa shape index (κ2) is 20.4. The van der Waals surface area contributed by atoms with Gasteiger partial charge in [-0.2, -0.15) is 0 Å². The van der Waals surface area contributed by atoms with Crippen LogP contribution in [-0.4, -0.2) is 25.4 Å². The van der Waals surface area contributed by atoms with Crippen molar-refractivity contribution in [3.05, 3.63) is 24.3 Å². The molecule has 0 aromatic rings. The maximum atomic E-state index is 6.57. The Bertz CT molecular complexity index is 560. The Labute approximate surface area is 226 Å². The molecule has 4 unspecified atom stereocenters. The van der Waals surface area contributed by atoms with Crippen molar-refractivity contribution in [3.8, 4) is 0 Å². The second-order valence-corrected chi connectivity index (χ2v) is 12.1. The number of allylic oxidation sites excluding steroid dienone is 3. The average molecular weight is 503 g/mol. The van der Waals surface area contributed by atoms with Crippen LogP contribution >= 0.6 is 0 Å². The number of rotatable bonds is 19. The molecule has 4 atom stereocenters. The zero-order valence-corrected chi connectivity index (χ0v) is 24.7. The minimum atomic E-state index is 0.375. The van der Waals surface area contributed by atoms with E-state index in [9.17, 15) is 0 Å². The molecule has 210 valence electrons. The highest BCUT2D eigenvalue weighted by Crippen LogP contribution is 2.36. The van der Waals surface area contributed by atoms with Crippen LogP contribution in [0, 0.1) is 23.7 Å². The third-order valence-corrected chi connectivity index (χ3v) is 8.79. The minimum Gasteiger partial charge on any atom is -0.378 e. The SMILES string of the molecule is C/C=C/C1CCC(/C=C/C2CC(OCCCCCCCC)C(C)CC2OCCCCCCCC)CC1. The van der Waals surface area contributed by atoms with Crippen LogP contribution < -0.4 is 0 Å². The van der Waals surface area contributed by atoms with Gasteiger partial charge in [0.15, 0.2) is 0 Å². The molecule has 0 aromatic heterocycles. The van der Waals surface area contributed by atoms with Crippen molar-refractivity contribution in [1.82, 2.24) is 0 Å². The maximum Gasteiger partial charge on any atom is 0.0642 e. The number of hydrogen-bond acceptors (Lipinski definition) is 2. The van der Waals surface area contributed by atoms with Gasteiger partial charge < -0.3 is 9.47 Å². The van der Waals surface area contributed by atoms with Crippen LogP contribution in [0.4, 0.5) is 0 Å². The first-order valence-corrected chi connectivity index (χ1v) is 16.2. The fraction of sp³-hybridized carbons (Fsp3) is 0.882. The Balaban J connectivity index is 1.82. The van der Waals surface area contributed by atoms with Gasteiger partial charge >= 0.3 is 0 Å². The van der Waals surface area contributed by atoms with Crippen molar-refractivity contribution in [2.75, 3.05) is 13.2 Å². The molecule has 0 saturated heterocycles. The molecule has 2 rings (SSSR count). The number of unbranched alkanes of at least 4 members (excludes halogenated alkanes) is 10. The molecule has 2 aliphatic carbocycles. The fourth-order valence-electron chi connectivity index (χ4n) is 6.31. The van der Waals surface area contributed by atoms with Crippen LogP contribution in [0.3, 0.4) is 0 Å². The van der Waals surface area contributed by atoms with Gasteiger partial charge in [-0.15, -0.1) is 0 Å². The van der Waals surface area contributed by atoms with Crippen LogP contribution in [0.15, 0.2) is 24.3 Å². The third-order valence-electron chi connectivity index (χ3n) is 8.79. The summed E-state index contributed by atoms with van der Waals surface area (Å²) in [7, 11) is 0. The predicted molar refractivity (Wildman–Crippen MR) is 158 cm³/mol. The Kier molecular flexibility index (Phi) is 17.9. The Morgan fingerprint density at radius 1 is 0.583 bits per heavy atom. The molecule has 2 nitrogen and oxygen atoms in total. The molecule has 0 aromatic carbocycles. The molecule has 2 heteroatoms. The summed E-state index contributed by atoms with van der Waals surface area (Å²) in [6.07, 6.45) is 34.2. The zero-order chi connectivity index (χ0) is 25.8. The van der Waals surface area contributed by atoms with Crippen molar-refractivity contribution < 1.29 is 9.47 Å². The summed E-state index contributed by atoms with van der Waals surface area (Å²) in [4.78, 5) is 0. The summed E-state index contributed by atoms with van der Waals surface area (Å²) in [5.74, 6) is 2.68. The summed E-state index contributed by atoms with van der Waals surface area (Å²) >= 11 is 0. The monoisotopic (exact) mass is 502 g/mol. The maximum absolute atomic E-state index is 6.57. The zero-order valence-electron chi connectivity index (χ0n) is 24.7. The van der Waals surface area contributed by atoms with E-state index in [2.05, 4.69) is 52.0 Å². The van der Waals surface area contributed by atoms with E-state index >= 15 is 0 Å². The van der Waals surface area contributed by atoms with Crippen molar-refractivity contribution in [3.63, 3.8) is 0 Å². The number of hydrogen-bond donors (Lipinski definition) is 0. The normalized spacial score (nSPS) is 29.4. The van der Waals surface area contributed by atoms with Gasteiger partial charge in [-0.25, -0.2) is 0 Å². The molecule has 0 aliphatic heterocycles. The molecule has 36 heavy (non-hydrogen) atoms. The standard InChI is InChI=1S/C34H62O2/c1-5-8-10-12-14-16-25-35-33-28-32(24-23-31-21-19-30(18-7-3)20-22-31)34(27-29(33)4)36-26-17-15-13-11-9-6-2/h7,18,23-24,29-34H,5-6,8-17,19-22,25-28H2,1-4H3/b18-7+,24-23+. The molecule has 0 heterocycles. The first-order valence-electron chi connectivity index (χ1n) is 16.2. The van der Waals surface area contributed by atoms with E-state index in [1.165, 1.54) is 103 Å². The molecule has 0 amide bonds. The molecule has 2 aliphatic rings. The van der Waals surface area contributed by atoms with E-state index in [4.69, 9.17) is 9.47 Å². The summed E-state index contributed by atoms with van der Waals surface area (Å²) in [5.41, 5.74) is 0. The molecule has 0 N–H and O–H groups in total. The molecule has 2 fully saturated rings. The topological polar surface area (TPSA) is 18.5 Å². The smallest absolute Gasteiger partial charge is 0.0642 e. The first kappa shape index (κ1) is 31.6. The van der Waals surface area contributed by atoms with Gasteiger partial charge in [0.25, 0.3) is 0 Å². The number of ether oxygens (including phenoxy) is 2. The Morgan fingerprint density at radius 3 is 1.64 bits per heavy atom. The van der Waals surface area contributed by atoms with Crippen LogP contribution in [0.25, 0.3) is 0 Å². The molecule has 2 saturated carbocycles. The highest BCUT2D eigenvalue weighted by atomic mass is 16.5. The summed E-state index contributed by atoms with van der Waals surface area (Å²) < 4.78 is 13.1. The first-order chi connectivity index (χ1) is 17.7. The average Bonchev–Trinajstić information content (AvgIpc) is 2.89. The van der Waals surface area contributed by atoms with Crippen molar-refractivity contribution >= 4 is 0 Å². The van der Waals surface area contributed by atoms with E-state index in [0.717, 1.165) is 37.9 Å². The lowest BCUT2D eigenvalue weighted by molar-refractivity contribution is -0.0798. The van der Waals surface area contributed by atoms with Gasteiger partial charge in [-0.1, -0.05) is 109 Å². The van der Waals surface area contributed by atoms with E-state index < -0.39 is 0 Å². The minimum absolute atomic E-state index is 0.375. The van der Waals surface area contributed by atoms with E-state index in [0.29, 0.717) is 24.0 Å². The molecular formula is C34H62O2. The second-order valence-electron chi connectivity index (χ2n) is 12.1. The highest BCUT2D eigenvalue weighted by Gasteiger charge is 2.35. The van der Waals surface area contributed by atoms with Crippen LogP contribution in [-0.2, 0) is 9.47 Å². The van der Waals surface area contributed by atoms with Gasteiger partial charge in [-0.05, 0) is 76.0 Å². The van der Waals surface area contributed by atoms with E-state index in [-0.39, 0.29) is 0 Å². The molecule has 0 spiro atoms. The molecule has 0 bridgehead atoms. The fourth-order valence-corrected chi connectivity index (χ4v) is 6.31. The van der Waals surface area contributed by atoms with Crippen LogP contribution in [0.1, 0.15) is 143 Å². The predicted octanol–water partition coefficient (Wildman–Crippen LogP) is 10.5. The summed E-state index contributed by atoms with van der Waals surface area (Å²) in [5, 5.41) is 0. The lowest BCUT2D eigenvalue weighted by Crippen LogP contribution is -2.40. The molecular weight excluding hydrogens is 440 g/mol. The van der Waals surface area contributed by atoms with Crippen molar-refractivity contribution in [2.24, 2.45) is 23.7 Å². The highest BCUT2D eigenvalue weighted by molar-refractivity contribution is 5.02. The van der Waals surface area contributed by atoms with Crippen LogP contribution in [0.2, 0.25) is 0 Å². The quantitative estimate of drug-likeness (QED) is 0.129. The van der Waals surface area contributed by atoms with E-state index in [1.807, 2.05) is 0 Å². The van der Waals surface area contributed by atoms with Gasteiger partial charge in [0.2, 0.25) is 0 Å². The summed E-state index contributed by atoms with van der Waals surface area (Å²) in [6, 6.07) is 0. The van der Waals surface area contributed by atoms with Gasteiger partial charge in [-0.3, -0.25) is 0 Å². The van der Waals surface area contributed by atoms with E-state index in [1.54, 1.807) is 0 Å². The lowest BCUT2D eigenvalue weighted by Gasteiger charge is -2.39. The molecule has 0 radical (unpaired) electrons.